The molecule has 0 saturated carbocycles. The molecule has 0 unspecified atom stereocenters. The summed E-state index contributed by atoms with van der Waals surface area (Å²) in [5.74, 6) is 0.635. The van der Waals surface area contributed by atoms with Crippen LogP contribution in [0.5, 0.6) is 0 Å². The summed E-state index contributed by atoms with van der Waals surface area (Å²) < 4.78 is 14.6. The molecule has 2 rings (SSSR count). The van der Waals surface area contributed by atoms with Crippen LogP contribution in [0, 0.1) is 5.82 Å². The zero-order chi connectivity index (χ0) is 13.1. The van der Waals surface area contributed by atoms with Crippen molar-refractivity contribution in [1.29, 1.82) is 0 Å². The van der Waals surface area contributed by atoms with Gasteiger partial charge >= 0.3 is 0 Å². The van der Waals surface area contributed by atoms with Gasteiger partial charge in [-0.3, -0.25) is 0 Å². The molecule has 0 spiro atoms. The lowest BCUT2D eigenvalue weighted by atomic mass is 10.1. The molecule has 0 atom stereocenters. The second-order valence-corrected chi connectivity index (χ2v) is 5.06. The van der Waals surface area contributed by atoms with Crippen molar-refractivity contribution in [3.8, 4) is 0 Å². The number of halogens is 2. The van der Waals surface area contributed by atoms with Crippen LogP contribution in [0.25, 0.3) is 10.9 Å². The van der Waals surface area contributed by atoms with E-state index in [0.29, 0.717) is 10.9 Å². The average Bonchev–Trinajstić information content (AvgIpc) is 2.40. The van der Waals surface area contributed by atoms with Crippen molar-refractivity contribution in [2.24, 2.45) is 0 Å². The van der Waals surface area contributed by atoms with E-state index in [1.165, 1.54) is 6.07 Å². The number of aromatic nitrogens is 1. The van der Waals surface area contributed by atoms with E-state index < -0.39 is 0 Å². The van der Waals surface area contributed by atoms with Gasteiger partial charge in [-0.15, -0.1) is 0 Å². The molecule has 4 heteroatoms. The molecular weight excluding hydrogens is 295 g/mol. The Kier molecular flexibility index (Phi) is 4.17. The van der Waals surface area contributed by atoms with Crippen LogP contribution in [-0.2, 0) is 6.42 Å². The summed E-state index contributed by atoms with van der Waals surface area (Å²) in [4.78, 5) is 4.55. The zero-order valence-corrected chi connectivity index (χ0v) is 12.1. The van der Waals surface area contributed by atoms with Crippen molar-refractivity contribution >= 4 is 32.7 Å². The highest BCUT2D eigenvalue weighted by molar-refractivity contribution is 9.10. The molecule has 18 heavy (non-hydrogen) atoms. The lowest BCUT2D eigenvalue weighted by Crippen LogP contribution is -2.05. The quantitative estimate of drug-likeness (QED) is 0.898. The molecule has 2 nitrogen and oxygen atoms in total. The summed E-state index contributed by atoms with van der Waals surface area (Å²) in [6.45, 7) is 5.03. The van der Waals surface area contributed by atoms with Gasteiger partial charge in [-0.1, -0.05) is 13.8 Å². The maximum Gasteiger partial charge on any atom is 0.132 e. The summed E-state index contributed by atoms with van der Waals surface area (Å²) >= 11 is 3.42. The first-order chi connectivity index (χ1) is 8.67. The molecule has 1 aromatic carbocycles. The lowest BCUT2D eigenvalue weighted by Gasteiger charge is -2.12. The standard InChI is InChI=1S/C14H16BrFN2/c1-3-7-17-14-9(4-2)8-10-12(16)6-5-11(15)13(10)18-14/h5-6,8H,3-4,7H2,1-2H3,(H,17,18). The summed E-state index contributed by atoms with van der Waals surface area (Å²) in [5.41, 5.74) is 1.72. The van der Waals surface area contributed by atoms with Crippen LogP contribution >= 0.6 is 15.9 Å². The number of rotatable bonds is 4. The van der Waals surface area contributed by atoms with Gasteiger partial charge in [0.05, 0.1) is 5.52 Å². The van der Waals surface area contributed by atoms with Crippen molar-refractivity contribution in [3.63, 3.8) is 0 Å². The fourth-order valence-electron chi connectivity index (χ4n) is 1.90. The first-order valence-electron chi connectivity index (χ1n) is 6.18. The first-order valence-corrected chi connectivity index (χ1v) is 6.98. The van der Waals surface area contributed by atoms with Crippen LogP contribution in [-0.4, -0.2) is 11.5 Å². The predicted molar refractivity (Wildman–Crippen MR) is 77.6 cm³/mol. The van der Waals surface area contributed by atoms with Gasteiger partial charge in [0.2, 0.25) is 0 Å². The topological polar surface area (TPSA) is 24.9 Å². The van der Waals surface area contributed by atoms with E-state index in [1.807, 2.05) is 6.07 Å². The Morgan fingerprint density at radius 3 is 2.78 bits per heavy atom. The highest BCUT2D eigenvalue weighted by atomic mass is 79.9. The second kappa shape index (κ2) is 5.65. The Balaban J connectivity index is 2.61. The molecule has 0 aliphatic heterocycles. The molecule has 1 N–H and O–H groups in total. The third kappa shape index (κ3) is 2.48. The number of aryl methyl sites for hydroxylation is 1. The van der Waals surface area contributed by atoms with Crippen LogP contribution in [0.1, 0.15) is 25.8 Å². The molecule has 1 heterocycles. The molecule has 2 aromatic rings. The maximum absolute atomic E-state index is 13.8. The summed E-state index contributed by atoms with van der Waals surface area (Å²) in [7, 11) is 0. The highest BCUT2D eigenvalue weighted by Gasteiger charge is 2.10. The number of anilines is 1. The number of hydrogen-bond acceptors (Lipinski definition) is 2. The van der Waals surface area contributed by atoms with Gasteiger partial charge in [0, 0.05) is 16.4 Å². The summed E-state index contributed by atoms with van der Waals surface area (Å²) in [5, 5.41) is 3.87. The Labute approximate surface area is 115 Å². The van der Waals surface area contributed by atoms with Crippen LogP contribution in [0.4, 0.5) is 10.2 Å². The lowest BCUT2D eigenvalue weighted by molar-refractivity contribution is 0.639. The van der Waals surface area contributed by atoms with E-state index in [2.05, 4.69) is 40.1 Å². The van der Waals surface area contributed by atoms with Crippen molar-refractivity contribution in [1.82, 2.24) is 4.98 Å². The second-order valence-electron chi connectivity index (χ2n) is 4.20. The molecule has 96 valence electrons. The van der Waals surface area contributed by atoms with Crippen molar-refractivity contribution < 1.29 is 4.39 Å². The molecule has 0 aliphatic carbocycles. The first kappa shape index (κ1) is 13.3. The van der Waals surface area contributed by atoms with Crippen molar-refractivity contribution in [2.45, 2.75) is 26.7 Å². The molecule has 0 saturated heterocycles. The molecule has 0 fully saturated rings. The largest absolute Gasteiger partial charge is 0.370 e. The van der Waals surface area contributed by atoms with Crippen LogP contribution in [0.15, 0.2) is 22.7 Å². The van der Waals surface area contributed by atoms with E-state index in [-0.39, 0.29) is 5.82 Å². The van der Waals surface area contributed by atoms with Gasteiger partial charge in [0.15, 0.2) is 0 Å². The molecule has 0 amide bonds. The Hall–Kier alpha value is -1.16. The average molecular weight is 311 g/mol. The molecule has 0 bridgehead atoms. The Bertz CT molecular complexity index is 569. The van der Waals surface area contributed by atoms with Crippen LogP contribution < -0.4 is 5.32 Å². The summed E-state index contributed by atoms with van der Waals surface area (Å²) in [6, 6.07) is 5.05. The van der Waals surface area contributed by atoms with E-state index in [0.717, 1.165) is 35.2 Å². The third-order valence-electron chi connectivity index (χ3n) is 2.88. The Morgan fingerprint density at radius 2 is 2.11 bits per heavy atom. The SMILES string of the molecule is CCCNc1nc2c(Br)ccc(F)c2cc1CC. The van der Waals surface area contributed by atoms with Gasteiger partial charge in [-0.05, 0) is 52.5 Å². The number of nitrogens with zero attached hydrogens (tertiary/aromatic N) is 1. The predicted octanol–water partition coefficient (Wildman–Crippen LogP) is 4.52. The number of fused-ring (bicyclic) bond motifs is 1. The van der Waals surface area contributed by atoms with Crippen molar-refractivity contribution in [3.05, 3.63) is 34.1 Å². The molecule has 0 radical (unpaired) electrons. The van der Waals surface area contributed by atoms with Crippen LogP contribution in [0.3, 0.4) is 0 Å². The minimum Gasteiger partial charge on any atom is -0.370 e. The van der Waals surface area contributed by atoms with E-state index in [1.54, 1.807) is 6.07 Å². The van der Waals surface area contributed by atoms with E-state index in [9.17, 15) is 4.39 Å². The number of nitrogens with one attached hydrogen (secondary N) is 1. The smallest absolute Gasteiger partial charge is 0.132 e. The Morgan fingerprint density at radius 1 is 1.33 bits per heavy atom. The maximum atomic E-state index is 13.8. The fraction of sp³-hybridized carbons (Fsp3) is 0.357. The van der Waals surface area contributed by atoms with Gasteiger partial charge in [0.25, 0.3) is 0 Å². The van der Waals surface area contributed by atoms with Crippen molar-refractivity contribution in [2.75, 3.05) is 11.9 Å². The summed E-state index contributed by atoms with van der Waals surface area (Å²) in [6.07, 6.45) is 1.87. The molecule has 0 aliphatic rings. The van der Waals surface area contributed by atoms with Gasteiger partial charge in [0.1, 0.15) is 11.6 Å². The normalized spacial score (nSPS) is 10.9. The van der Waals surface area contributed by atoms with E-state index in [4.69, 9.17) is 0 Å². The minimum absolute atomic E-state index is 0.225. The minimum atomic E-state index is -0.225. The number of hydrogen-bond donors (Lipinski definition) is 1. The van der Waals surface area contributed by atoms with E-state index >= 15 is 0 Å². The number of benzene rings is 1. The highest BCUT2D eigenvalue weighted by Crippen LogP contribution is 2.28. The monoisotopic (exact) mass is 310 g/mol. The van der Waals surface area contributed by atoms with Gasteiger partial charge < -0.3 is 5.32 Å². The molecular formula is C14H16BrFN2. The van der Waals surface area contributed by atoms with Gasteiger partial charge in [-0.25, -0.2) is 9.37 Å². The third-order valence-corrected chi connectivity index (χ3v) is 3.52. The van der Waals surface area contributed by atoms with Crippen LogP contribution in [0.2, 0.25) is 0 Å². The zero-order valence-electron chi connectivity index (χ0n) is 10.6. The van der Waals surface area contributed by atoms with Gasteiger partial charge in [-0.2, -0.15) is 0 Å². The number of pyridine rings is 1. The molecule has 1 aromatic heterocycles. The fourth-order valence-corrected chi connectivity index (χ4v) is 2.33.